The van der Waals surface area contributed by atoms with E-state index in [-0.39, 0.29) is 11.6 Å². The summed E-state index contributed by atoms with van der Waals surface area (Å²) in [6.45, 7) is 1.75. The number of imidazole rings is 1. The molecule has 4 rings (SSSR count). The van der Waals surface area contributed by atoms with Crippen molar-refractivity contribution in [3.8, 4) is 11.3 Å². The fourth-order valence-corrected chi connectivity index (χ4v) is 3.03. The van der Waals surface area contributed by atoms with Crippen LogP contribution in [-0.2, 0) is 0 Å². The van der Waals surface area contributed by atoms with Gasteiger partial charge in [0.1, 0.15) is 5.76 Å². The van der Waals surface area contributed by atoms with E-state index in [1.165, 1.54) is 0 Å². The van der Waals surface area contributed by atoms with Gasteiger partial charge in [0.25, 0.3) is 5.91 Å². The van der Waals surface area contributed by atoms with Gasteiger partial charge in [-0.05, 0) is 13.0 Å². The van der Waals surface area contributed by atoms with Crippen molar-refractivity contribution in [3.05, 3.63) is 59.6 Å². The Bertz CT molecular complexity index is 970. The van der Waals surface area contributed by atoms with E-state index < -0.39 is 0 Å². The van der Waals surface area contributed by atoms with Crippen LogP contribution >= 0.6 is 11.3 Å². The van der Waals surface area contributed by atoms with Crippen LogP contribution in [0.5, 0.6) is 0 Å². The molecule has 0 unspecified atom stereocenters. The van der Waals surface area contributed by atoms with Crippen molar-refractivity contribution in [2.45, 2.75) is 6.92 Å². The molecule has 0 saturated carbocycles. The number of nitrogens with one attached hydrogen (secondary N) is 1. The first-order chi connectivity index (χ1) is 11.2. The van der Waals surface area contributed by atoms with Gasteiger partial charge >= 0.3 is 0 Å². The highest BCUT2D eigenvalue weighted by Gasteiger charge is 2.15. The lowest BCUT2D eigenvalue weighted by atomic mass is 10.1. The maximum absolute atomic E-state index is 12.3. The van der Waals surface area contributed by atoms with Crippen molar-refractivity contribution in [2.24, 2.45) is 0 Å². The second kappa shape index (κ2) is 5.36. The number of aryl methyl sites for hydroxylation is 1. The number of hydrogen-bond donors (Lipinski definition) is 1. The standard InChI is InChI=1S/C16H12N4O2S/c1-10-8-13(19-22-10)15(21)17-12-5-3-2-4-11(12)14-9-20-6-7-23-16(20)18-14/h2-9H,1H3,(H,17,21). The molecule has 3 heterocycles. The molecule has 6 nitrogen and oxygen atoms in total. The molecule has 1 N–H and O–H groups in total. The molecular weight excluding hydrogens is 312 g/mol. The molecule has 7 heteroatoms. The molecule has 0 aliphatic carbocycles. The second-order valence-corrected chi connectivity index (χ2v) is 5.91. The first-order valence-corrected chi connectivity index (χ1v) is 7.85. The molecule has 0 radical (unpaired) electrons. The number of anilines is 1. The van der Waals surface area contributed by atoms with E-state index in [9.17, 15) is 4.79 Å². The Morgan fingerprint density at radius 2 is 2.22 bits per heavy atom. The van der Waals surface area contributed by atoms with Crippen LogP contribution in [0.15, 0.2) is 52.6 Å². The van der Waals surface area contributed by atoms with Gasteiger partial charge in [-0.1, -0.05) is 23.4 Å². The normalized spacial score (nSPS) is 11.0. The van der Waals surface area contributed by atoms with Gasteiger partial charge in [-0.3, -0.25) is 9.20 Å². The van der Waals surface area contributed by atoms with E-state index in [4.69, 9.17) is 4.52 Å². The summed E-state index contributed by atoms with van der Waals surface area (Å²) in [4.78, 5) is 17.8. The van der Waals surface area contributed by atoms with Crippen LogP contribution in [0.4, 0.5) is 5.69 Å². The first kappa shape index (κ1) is 13.7. The maximum atomic E-state index is 12.3. The van der Waals surface area contributed by atoms with Crippen molar-refractivity contribution in [1.29, 1.82) is 0 Å². The topological polar surface area (TPSA) is 72.4 Å². The van der Waals surface area contributed by atoms with E-state index in [2.05, 4.69) is 15.5 Å². The minimum absolute atomic E-state index is 0.253. The molecular formula is C16H12N4O2S. The van der Waals surface area contributed by atoms with Gasteiger partial charge in [-0.25, -0.2) is 4.98 Å². The number of fused-ring (bicyclic) bond motifs is 1. The van der Waals surface area contributed by atoms with Crippen LogP contribution in [-0.4, -0.2) is 20.4 Å². The van der Waals surface area contributed by atoms with E-state index >= 15 is 0 Å². The summed E-state index contributed by atoms with van der Waals surface area (Å²) in [7, 11) is 0. The first-order valence-electron chi connectivity index (χ1n) is 6.97. The molecule has 1 amide bonds. The van der Waals surface area contributed by atoms with Crippen LogP contribution in [0.2, 0.25) is 0 Å². The van der Waals surface area contributed by atoms with Crippen molar-refractivity contribution in [3.63, 3.8) is 0 Å². The Labute approximate surface area is 135 Å². The molecule has 0 bridgehead atoms. The number of carbonyl (C=O) groups excluding carboxylic acids is 1. The zero-order valence-electron chi connectivity index (χ0n) is 12.2. The van der Waals surface area contributed by atoms with Gasteiger partial charge < -0.3 is 9.84 Å². The SMILES string of the molecule is Cc1cc(C(=O)Nc2ccccc2-c2cn3ccsc3n2)no1. The lowest BCUT2D eigenvalue weighted by Gasteiger charge is -2.07. The summed E-state index contributed by atoms with van der Waals surface area (Å²) in [5.74, 6) is 0.285. The van der Waals surface area contributed by atoms with Crippen molar-refractivity contribution >= 4 is 27.9 Å². The fourth-order valence-electron chi connectivity index (χ4n) is 2.33. The molecule has 3 aromatic heterocycles. The summed E-state index contributed by atoms with van der Waals surface area (Å²) in [6.07, 6.45) is 3.90. The zero-order chi connectivity index (χ0) is 15.8. The fraction of sp³-hybridized carbons (Fsp3) is 0.0625. The molecule has 23 heavy (non-hydrogen) atoms. The molecule has 0 aliphatic heterocycles. The monoisotopic (exact) mass is 324 g/mol. The van der Waals surface area contributed by atoms with Crippen molar-refractivity contribution in [1.82, 2.24) is 14.5 Å². The van der Waals surface area contributed by atoms with Gasteiger partial charge in [0, 0.05) is 29.4 Å². The number of para-hydroxylation sites is 1. The van der Waals surface area contributed by atoms with Gasteiger partial charge in [0.15, 0.2) is 10.7 Å². The lowest BCUT2D eigenvalue weighted by molar-refractivity contribution is 0.101. The average molecular weight is 324 g/mol. The van der Waals surface area contributed by atoms with Gasteiger partial charge in [0.05, 0.1) is 11.4 Å². The summed E-state index contributed by atoms with van der Waals surface area (Å²) >= 11 is 1.56. The van der Waals surface area contributed by atoms with Crippen LogP contribution in [0, 0.1) is 6.92 Å². The third kappa shape index (κ3) is 2.51. The van der Waals surface area contributed by atoms with Crippen molar-refractivity contribution in [2.75, 3.05) is 5.32 Å². The van der Waals surface area contributed by atoms with Crippen LogP contribution < -0.4 is 5.32 Å². The summed E-state index contributed by atoms with van der Waals surface area (Å²) in [5.41, 5.74) is 2.60. The number of nitrogens with zero attached hydrogens (tertiary/aromatic N) is 3. The van der Waals surface area contributed by atoms with Gasteiger partial charge in [-0.15, -0.1) is 11.3 Å². The number of benzene rings is 1. The minimum Gasteiger partial charge on any atom is -0.361 e. The Balaban J connectivity index is 1.69. The predicted molar refractivity (Wildman–Crippen MR) is 87.7 cm³/mol. The molecule has 0 aliphatic rings. The summed E-state index contributed by atoms with van der Waals surface area (Å²) in [5, 5.41) is 8.58. The molecule has 0 atom stereocenters. The molecule has 0 spiro atoms. The molecule has 0 fully saturated rings. The number of amides is 1. The smallest absolute Gasteiger partial charge is 0.277 e. The Morgan fingerprint density at radius 3 is 3.00 bits per heavy atom. The lowest BCUT2D eigenvalue weighted by Crippen LogP contribution is -2.12. The van der Waals surface area contributed by atoms with E-state index in [0.717, 1.165) is 16.2 Å². The van der Waals surface area contributed by atoms with Crippen LogP contribution in [0.1, 0.15) is 16.2 Å². The number of rotatable bonds is 3. The van der Waals surface area contributed by atoms with E-state index in [1.54, 1.807) is 24.3 Å². The Hall–Kier alpha value is -2.93. The van der Waals surface area contributed by atoms with Crippen LogP contribution in [0.25, 0.3) is 16.2 Å². The quantitative estimate of drug-likeness (QED) is 0.625. The average Bonchev–Trinajstić information content (AvgIpc) is 3.23. The van der Waals surface area contributed by atoms with Gasteiger partial charge in [-0.2, -0.15) is 0 Å². The third-order valence-electron chi connectivity index (χ3n) is 3.41. The molecule has 0 saturated heterocycles. The van der Waals surface area contributed by atoms with Crippen LogP contribution in [0.3, 0.4) is 0 Å². The highest BCUT2D eigenvalue weighted by molar-refractivity contribution is 7.15. The highest BCUT2D eigenvalue weighted by Crippen LogP contribution is 2.28. The number of hydrogen-bond acceptors (Lipinski definition) is 5. The van der Waals surface area contributed by atoms with E-state index in [0.29, 0.717) is 11.4 Å². The predicted octanol–water partition coefficient (Wildman–Crippen LogP) is 3.61. The molecule has 1 aromatic carbocycles. The van der Waals surface area contributed by atoms with E-state index in [1.807, 2.05) is 46.4 Å². The molecule has 4 aromatic rings. The maximum Gasteiger partial charge on any atom is 0.277 e. The van der Waals surface area contributed by atoms with Crippen molar-refractivity contribution < 1.29 is 9.32 Å². The highest BCUT2D eigenvalue weighted by atomic mass is 32.1. The largest absolute Gasteiger partial charge is 0.361 e. The number of carbonyl (C=O) groups is 1. The number of aromatic nitrogens is 3. The summed E-state index contributed by atoms with van der Waals surface area (Å²) in [6, 6.07) is 9.15. The Kier molecular flexibility index (Phi) is 3.20. The van der Waals surface area contributed by atoms with Gasteiger partial charge in [0.2, 0.25) is 0 Å². The molecule has 114 valence electrons. The third-order valence-corrected chi connectivity index (χ3v) is 4.18. The second-order valence-electron chi connectivity index (χ2n) is 5.04. The number of thiazole rings is 1. The summed E-state index contributed by atoms with van der Waals surface area (Å²) < 4.78 is 6.90. The Morgan fingerprint density at radius 1 is 1.35 bits per heavy atom. The zero-order valence-corrected chi connectivity index (χ0v) is 13.0. The minimum atomic E-state index is -0.310.